The maximum atomic E-state index is 13.5. The van der Waals surface area contributed by atoms with Crippen molar-refractivity contribution in [1.82, 2.24) is 10.3 Å². The maximum absolute atomic E-state index is 13.5. The summed E-state index contributed by atoms with van der Waals surface area (Å²) in [4.78, 5) is 27.1. The minimum absolute atomic E-state index is 0.0221. The van der Waals surface area contributed by atoms with E-state index in [0.29, 0.717) is 0 Å². The zero-order chi connectivity index (χ0) is 16.7. The smallest absolute Gasteiger partial charge is 0.321 e. The number of carboxylic acid groups (broad SMARTS) is 1. The van der Waals surface area contributed by atoms with Crippen molar-refractivity contribution in [2.24, 2.45) is 0 Å². The van der Waals surface area contributed by atoms with E-state index in [1.807, 2.05) is 0 Å². The number of halogens is 1. The van der Waals surface area contributed by atoms with Gasteiger partial charge >= 0.3 is 5.97 Å². The van der Waals surface area contributed by atoms with E-state index in [1.165, 1.54) is 18.2 Å². The fourth-order valence-electron chi connectivity index (χ4n) is 1.94. The molecule has 0 bridgehead atoms. The van der Waals surface area contributed by atoms with Crippen LogP contribution in [0.15, 0.2) is 48.8 Å². The van der Waals surface area contributed by atoms with E-state index in [4.69, 9.17) is 0 Å². The first-order chi connectivity index (χ1) is 11.1. The van der Waals surface area contributed by atoms with Gasteiger partial charge in [0.25, 0.3) is 0 Å². The second-order valence-corrected chi connectivity index (χ2v) is 4.87. The van der Waals surface area contributed by atoms with Gasteiger partial charge in [0, 0.05) is 18.9 Å². The van der Waals surface area contributed by atoms with Gasteiger partial charge in [0.2, 0.25) is 5.91 Å². The molecule has 6 nitrogen and oxygen atoms in total. The number of benzene rings is 1. The number of pyridine rings is 1. The molecular weight excluding hydrogens is 301 g/mol. The molecule has 120 valence electrons. The van der Waals surface area contributed by atoms with Gasteiger partial charge in [-0.1, -0.05) is 18.2 Å². The summed E-state index contributed by atoms with van der Waals surface area (Å²) in [7, 11) is 0. The number of carbonyl (C=O) groups excluding carboxylic acids is 1. The van der Waals surface area contributed by atoms with Crippen molar-refractivity contribution < 1.29 is 19.1 Å². The standard InChI is InChI=1S/C16H16FN3O3/c17-12-5-1-2-6-13(12)20-15(21)8-14(16(22)23)19-10-11-4-3-7-18-9-11/h1-7,9,14,19H,8,10H2,(H,20,21)(H,22,23)/t14-/m1/s1. The Hall–Kier alpha value is -2.80. The number of carboxylic acids is 1. The van der Waals surface area contributed by atoms with E-state index in [2.05, 4.69) is 15.6 Å². The monoisotopic (exact) mass is 317 g/mol. The summed E-state index contributed by atoms with van der Waals surface area (Å²) in [5, 5.41) is 14.3. The number of nitrogens with one attached hydrogen (secondary N) is 2. The average molecular weight is 317 g/mol. The molecule has 0 aliphatic heterocycles. The summed E-state index contributed by atoms with van der Waals surface area (Å²) in [6.45, 7) is 0.262. The van der Waals surface area contributed by atoms with Gasteiger partial charge in [-0.05, 0) is 23.8 Å². The molecule has 23 heavy (non-hydrogen) atoms. The number of para-hydroxylation sites is 1. The largest absolute Gasteiger partial charge is 0.480 e. The highest BCUT2D eigenvalue weighted by Crippen LogP contribution is 2.13. The lowest BCUT2D eigenvalue weighted by Gasteiger charge is -2.14. The van der Waals surface area contributed by atoms with Gasteiger partial charge in [0.1, 0.15) is 11.9 Å². The summed E-state index contributed by atoms with van der Waals surface area (Å²) in [5.41, 5.74) is 0.821. The third-order valence-electron chi connectivity index (χ3n) is 3.11. The molecule has 0 unspecified atom stereocenters. The lowest BCUT2D eigenvalue weighted by atomic mass is 10.1. The zero-order valence-electron chi connectivity index (χ0n) is 12.2. The summed E-state index contributed by atoms with van der Waals surface area (Å²) in [6.07, 6.45) is 2.90. The molecular formula is C16H16FN3O3. The Kier molecular flexibility index (Phi) is 5.76. The number of amides is 1. The first-order valence-electron chi connectivity index (χ1n) is 6.95. The van der Waals surface area contributed by atoms with Gasteiger partial charge in [0.05, 0.1) is 12.1 Å². The summed E-state index contributed by atoms with van der Waals surface area (Å²) in [5.74, 6) is -2.31. The van der Waals surface area contributed by atoms with E-state index in [0.717, 1.165) is 5.56 Å². The van der Waals surface area contributed by atoms with Crippen LogP contribution in [0.25, 0.3) is 0 Å². The molecule has 0 aliphatic carbocycles. The van der Waals surface area contributed by atoms with Crippen LogP contribution in [-0.2, 0) is 16.1 Å². The number of anilines is 1. The molecule has 0 spiro atoms. The van der Waals surface area contributed by atoms with Crippen molar-refractivity contribution in [2.75, 3.05) is 5.32 Å². The Morgan fingerprint density at radius 1 is 1.22 bits per heavy atom. The molecule has 0 fully saturated rings. The predicted molar refractivity (Wildman–Crippen MR) is 82.1 cm³/mol. The Morgan fingerprint density at radius 3 is 2.65 bits per heavy atom. The Bertz CT molecular complexity index is 679. The lowest BCUT2D eigenvalue weighted by molar-refractivity contribution is -0.141. The lowest BCUT2D eigenvalue weighted by Crippen LogP contribution is -2.39. The van der Waals surface area contributed by atoms with E-state index < -0.39 is 23.7 Å². The fraction of sp³-hybridized carbons (Fsp3) is 0.188. The number of nitrogens with zero attached hydrogens (tertiary/aromatic N) is 1. The van der Waals surface area contributed by atoms with Crippen LogP contribution >= 0.6 is 0 Å². The third kappa shape index (κ3) is 5.15. The first-order valence-corrected chi connectivity index (χ1v) is 6.95. The van der Waals surface area contributed by atoms with Crippen molar-refractivity contribution in [2.45, 2.75) is 19.0 Å². The van der Waals surface area contributed by atoms with Crippen molar-refractivity contribution in [3.63, 3.8) is 0 Å². The van der Waals surface area contributed by atoms with E-state index in [9.17, 15) is 19.1 Å². The molecule has 2 rings (SSSR count). The Balaban J connectivity index is 1.92. The van der Waals surface area contributed by atoms with Crippen LogP contribution < -0.4 is 10.6 Å². The Labute approximate surface area is 132 Å². The normalized spacial score (nSPS) is 11.7. The van der Waals surface area contributed by atoms with Crippen molar-refractivity contribution >= 4 is 17.6 Å². The molecule has 2 aromatic rings. The molecule has 3 N–H and O–H groups in total. The van der Waals surface area contributed by atoms with Crippen molar-refractivity contribution in [3.8, 4) is 0 Å². The van der Waals surface area contributed by atoms with Crippen LogP contribution in [0.4, 0.5) is 10.1 Å². The molecule has 0 aliphatic rings. The van der Waals surface area contributed by atoms with Gasteiger partial charge in [-0.2, -0.15) is 0 Å². The van der Waals surface area contributed by atoms with Crippen molar-refractivity contribution in [1.29, 1.82) is 0 Å². The van der Waals surface area contributed by atoms with Gasteiger partial charge in [0.15, 0.2) is 0 Å². The highest BCUT2D eigenvalue weighted by atomic mass is 19.1. The number of carbonyl (C=O) groups is 2. The average Bonchev–Trinajstić information content (AvgIpc) is 2.54. The molecule has 0 saturated carbocycles. The van der Waals surface area contributed by atoms with Crippen LogP contribution in [0, 0.1) is 5.82 Å². The number of aromatic nitrogens is 1. The van der Waals surface area contributed by atoms with Crippen LogP contribution in [0.3, 0.4) is 0 Å². The zero-order valence-corrected chi connectivity index (χ0v) is 12.2. The number of rotatable bonds is 7. The van der Waals surface area contributed by atoms with Gasteiger partial charge in [-0.15, -0.1) is 0 Å². The number of hydrogen-bond donors (Lipinski definition) is 3. The van der Waals surface area contributed by atoms with E-state index in [-0.39, 0.29) is 18.7 Å². The molecule has 1 aromatic heterocycles. The molecule has 1 atom stereocenters. The minimum atomic E-state index is -1.16. The van der Waals surface area contributed by atoms with Crippen molar-refractivity contribution in [3.05, 3.63) is 60.2 Å². The van der Waals surface area contributed by atoms with Gasteiger partial charge < -0.3 is 10.4 Å². The summed E-state index contributed by atoms with van der Waals surface area (Å²) < 4.78 is 13.5. The molecule has 0 radical (unpaired) electrons. The third-order valence-corrected chi connectivity index (χ3v) is 3.11. The molecule has 1 aromatic carbocycles. The second-order valence-electron chi connectivity index (χ2n) is 4.87. The van der Waals surface area contributed by atoms with Crippen LogP contribution in [0.2, 0.25) is 0 Å². The van der Waals surface area contributed by atoms with Crippen LogP contribution in [0.5, 0.6) is 0 Å². The van der Waals surface area contributed by atoms with Gasteiger partial charge in [-0.3, -0.25) is 19.9 Å². The molecule has 7 heteroatoms. The quantitative estimate of drug-likeness (QED) is 0.724. The fourth-order valence-corrected chi connectivity index (χ4v) is 1.94. The van der Waals surface area contributed by atoms with Gasteiger partial charge in [-0.25, -0.2) is 4.39 Å². The molecule has 0 saturated heterocycles. The second kappa shape index (κ2) is 8.00. The highest BCUT2D eigenvalue weighted by Gasteiger charge is 2.21. The Morgan fingerprint density at radius 2 is 2.00 bits per heavy atom. The summed E-state index contributed by atoms with van der Waals surface area (Å²) in [6, 6.07) is 8.14. The SMILES string of the molecule is O=C(C[C@@H](NCc1cccnc1)C(=O)O)Nc1ccccc1F. The van der Waals surface area contributed by atoms with E-state index in [1.54, 1.807) is 30.6 Å². The predicted octanol–water partition coefficient (Wildman–Crippen LogP) is 1.79. The molecule has 1 heterocycles. The maximum Gasteiger partial charge on any atom is 0.321 e. The number of hydrogen-bond acceptors (Lipinski definition) is 4. The topological polar surface area (TPSA) is 91.3 Å². The van der Waals surface area contributed by atoms with Crippen LogP contribution in [0.1, 0.15) is 12.0 Å². The molecule has 1 amide bonds. The van der Waals surface area contributed by atoms with E-state index >= 15 is 0 Å². The summed E-state index contributed by atoms with van der Waals surface area (Å²) >= 11 is 0. The minimum Gasteiger partial charge on any atom is -0.480 e. The first kappa shape index (κ1) is 16.6. The highest BCUT2D eigenvalue weighted by molar-refractivity contribution is 5.94. The number of aliphatic carboxylic acids is 1. The van der Waals surface area contributed by atoms with Crippen LogP contribution in [-0.4, -0.2) is 28.0 Å².